The normalized spacial score (nSPS) is 14.5. The molecule has 1 aliphatic heterocycles. The smallest absolute Gasteiger partial charge is 0.293 e. The molecule has 0 saturated carbocycles. The highest BCUT2D eigenvalue weighted by Gasteiger charge is 2.34. The van der Waals surface area contributed by atoms with Crippen molar-refractivity contribution in [3.05, 3.63) is 93.9 Å². The van der Waals surface area contributed by atoms with E-state index in [-0.39, 0.29) is 30.9 Å². The Bertz CT molecular complexity index is 1210. The van der Waals surface area contributed by atoms with Crippen molar-refractivity contribution >= 4 is 40.6 Å². The number of carbonyl (C=O) groups is 2. The van der Waals surface area contributed by atoms with Gasteiger partial charge in [0.05, 0.1) is 18.6 Å². The molecule has 8 heteroatoms. The first-order valence-corrected chi connectivity index (χ1v) is 11.7. The number of imide groups is 1. The van der Waals surface area contributed by atoms with Crippen molar-refractivity contribution in [2.45, 2.75) is 6.61 Å². The summed E-state index contributed by atoms with van der Waals surface area (Å²) in [5.41, 5.74) is 1.55. The molecule has 174 valence electrons. The summed E-state index contributed by atoms with van der Waals surface area (Å²) in [6, 6.07) is 22.0. The van der Waals surface area contributed by atoms with Crippen molar-refractivity contribution in [2.75, 3.05) is 20.3 Å². The average molecular weight is 496 g/mol. The molecule has 0 N–H and O–H groups in total. The molecule has 1 fully saturated rings. The first kappa shape index (κ1) is 23.7. The molecular formula is C26H22ClNO5S. The van der Waals surface area contributed by atoms with Crippen LogP contribution in [0.15, 0.2) is 77.7 Å². The zero-order valence-electron chi connectivity index (χ0n) is 18.4. The molecule has 34 heavy (non-hydrogen) atoms. The molecule has 3 aromatic rings. The van der Waals surface area contributed by atoms with Crippen molar-refractivity contribution in [3.8, 4) is 17.2 Å². The summed E-state index contributed by atoms with van der Waals surface area (Å²) in [4.78, 5) is 26.7. The summed E-state index contributed by atoms with van der Waals surface area (Å²) < 4.78 is 17.0. The zero-order chi connectivity index (χ0) is 23.9. The van der Waals surface area contributed by atoms with Gasteiger partial charge in [0.15, 0.2) is 11.5 Å². The van der Waals surface area contributed by atoms with Crippen molar-refractivity contribution in [1.29, 1.82) is 0 Å². The standard InChI is InChI=1S/C26H22ClNO5S/c1-31-22-12-11-18(15-23(22)33-17-19-7-5-6-10-21(19)27)16-24-25(29)28(26(30)34-24)13-14-32-20-8-3-2-4-9-20/h2-12,15-16H,13-14,17H2,1H3/b24-16-. The molecule has 0 aromatic heterocycles. The number of halogens is 1. The highest BCUT2D eigenvalue weighted by atomic mass is 35.5. The Morgan fingerprint density at radius 3 is 2.47 bits per heavy atom. The maximum Gasteiger partial charge on any atom is 0.293 e. The molecule has 6 nitrogen and oxygen atoms in total. The Balaban J connectivity index is 1.44. The molecule has 0 radical (unpaired) electrons. The molecule has 1 aliphatic rings. The summed E-state index contributed by atoms with van der Waals surface area (Å²) in [5.74, 6) is 1.40. The fourth-order valence-corrected chi connectivity index (χ4v) is 4.34. The summed E-state index contributed by atoms with van der Waals surface area (Å²) >= 11 is 7.12. The van der Waals surface area contributed by atoms with E-state index in [4.69, 9.17) is 25.8 Å². The van der Waals surface area contributed by atoms with E-state index in [0.29, 0.717) is 32.7 Å². The number of ether oxygens (including phenoxy) is 3. The number of carbonyl (C=O) groups excluding carboxylic acids is 2. The monoisotopic (exact) mass is 495 g/mol. The third-order valence-electron chi connectivity index (χ3n) is 5.03. The lowest BCUT2D eigenvalue weighted by atomic mass is 10.1. The van der Waals surface area contributed by atoms with E-state index in [1.54, 1.807) is 37.5 Å². The van der Waals surface area contributed by atoms with Gasteiger partial charge in [0.2, 0.25) is 0 Å². The van der Waals surface area contributed by atoms with Gasteiger partial charge in [-0.15, -0.1) is 0 Å². The van der Waals surface area contributed by atoms with Crippen LogP contribution >= 0.6 is 23.4 Å². The number of thioether (sulfide) groups is 1. The number of nitrogens with zero attached hydrogens (tertiary/aromatic N) is 1. The van der Waals surface area contributed by atoms with E-state index < -0.39 is 0 Å². The summed E-state index contributed by atoms with van der Waals surface area (Å²) in [6.07, 6.45) is 1.67. The summed E-state index contributed by atoms with van der Waals surface area (Å²) in [7, 11) is 1.56. The van der Waals surface area contributed by atoms with E-state index in [1.165, 1.54) is 4.90 Å². The lowest BCUT2D eigenvalue weighted by Crippen LogP contribution is -2.32. The highest BCUT2D eigenvalue weighted by molar-refractivity contribution is 8.18. The van der Waals surface area contributed by atoms with Gasteiger partial charge < -0.3 is 14.2 Å². The predicted molar refractivity (Wildman–Crippen MR) is 133 cm³/mol. The number of amides is 2. The largest absolute Gasteiger partial charge is 0.493 e. The molecular weight excluding hydrogens is 474 g/mol. The number of methoxy groups -OCH3 is 1. The van der Waals surface area contributed by atoms with Gasteiger partial charge in [-0.05, 0) is 53.7 Å². The molecule has 0 aliphatic carbocycles. The molecule has 3 aromatic carbocycles. The zero-order valence-corrected chi connectivity index (χ0v) is 20.0. The predicted octanol–water partition coefficient (Wildman–Crippen LogP) is 6.04. The Labute approximate surface area is 207 Å². The minimum Gasteiger partial charge on any atom is -0.493 e. The molecule has 1 heterocycles. The van der Waals surface area contributed by atoms with Crippen LogP contribution in [0, 0.1) is 0 Å². The quantitative estimate of drug-likeness (QED) is 0.337. The number of para-hydroxylation sites is 1. The van der Waals surface area contributed by atoms with Gasteiger partial charge in [-0.1, -0.05) is 54.1 Å². The van der Waals surface area contributed by atoms with Crippen LogP contribution in [0.2, 0.25) is 5.02 Å². The Kier molecular flexibility index (Phi) is 7.77. The van der Waals surface area contributed by atoms with Gasteiger partial charge in [-0.3, -0.25) is 14.5 Å². The minimum absolute atomic E-state index is 0.172. The number of benzene rings is 3. The molecule has 2 amide bonds. The van der Waals surface area contributed by atoms with Crippen molar-refractivity contribution in [1.82, 2.24) is 4.90 Å². The molecule has 4 rings (SSSR count). The first-order chi connectivity index (χ1) is 16.5. The summed E-state index contributed by atoms with van der Waals surface area (Å²) in [6.45, 7) is 0.654. The van der Waals surface area contributed by atoms with Crippen LogP contribution in [0.3, 0.4) is 0 Å². The molecule has 0 atom stereocenters. The van der Waals surface area contributed by atoms with Gasteiger partial charge in [0.1, 0.15) is 19.0 Å². The number of hydrogen-bond acceptors (Lipinski definition) is 6. The van der Waals surface area contributed by atoms with E-state index in [2.05, 4.69) is 0 Å². The third-order valence-corrected chi connectivity index (χ3v) is 6.30. The Hall–Kier alpha value is -3.42. The van der Waals surface area contributed by atoms with Crippen LogP contribution in [0.1, 0.15) is 11.1 Å². The van der Waals surface area contributed by atoms with Crippen LogP contribution in [-0.4, -0.2) is 36.3 Å². The number of rotatable bonds is 9. The summed E-state index contributed by atoms with van der Waals surface area (Å²) in [5, 5.41) is 0.291. The number of hydrogen-bond donors (Lipinski definition) is 0. The SMILES string of the molecule is COc1ccc(/C=C2\SC(=O)N(CCOc3ccccc3)C2=O)cc1OCc1ccccc1Cl. The maximum atomic E-state index is 12.8. The first-order valence-electron chi connectivity index (χ1n) is 10.5. The van der Waals surface area contributed by atoms with Crippen molar-refractivity contribution in [3.63, 3.8) is 0 Å². The Morgan fingerprint density at radius 2 is 1.71 bits per heavy atom. The second-order valence-corrected chi connectivity index (χ2v) is 8.69. The van der Waals surface area contributed by atoms with Gasteiger partial charge >= 0.3 is 0 Å². The topological polar surface area (TPSA) is 65.1 Å². The third kappa shape index (κ3) is 5.73. The van der Waals surface area contributed by atoms with E-state index >= 15 is 0 Å². The van der Waals surface area contributed by atoms with E-state index in [0.717, 1.165) is 17.3 Å². The average Bonchev–Trinajstić information content (AvgIpc) is 3.11. The van der Waals surface area contributed by atoms with Gasteiger partial charge in [0, 0.05) is 10.6 Å². The molecule has 0 unspecified atom stereocenters. The lowest BCUT2D eigenvalue weighted by molar-refractivity contribution is -0.123. The van der Waals surface area contributed by atoms with Gasteiger partial charge in [-0.25, -0.2) is 0 Å². The molecule has 0 bridgehead atoms. The molecule has 0 spiro atoms. The van der Waals surface area contributed by atoms with Crippen LogP contribution in [0.5, 0.6) is 17.2 Å². The van der Waals surface area contributed by atoms with E-state index in [9.17, 15) is 9.59 Å². The van der Waals surface area contributed by atoms with Gasteiger partial charge in [-0.2, -0.15) is 0 Å². The van der Waals surface area contributed by atoms with Crippen LogP contribution in [-0.2, 0) is 11.4 Å². The lowest BCUT2D eigenvalue weighted by Gasteiger charge is -2.13. The van der Waals surface area contributed by atoms with Crippen LogP contribution < -0.4 is 14.2 Å². The molecule has 1 saturated heterocycles. The second-order valence-electron chi connectivity index (χ2n) is 7.29. The highest BCUT2D eigenvalue weighted by Crippen LogP contribution is 2.35. The van der Waals surface area contributed by atoms with Crippen molar-refractivity contribution in [2.24, 2.45) is 0 Å². The van der Waals surface area contributed by atoms with Gasteiger partial charge in [0.25, 0.3) is 11.1 Å². The van der Waals surface area contributed by atoms with Crippen LogP contribution in [0.4, 0.5) is 4.79 Å². The Morgan fingerprint density at radius 1 is 0.941 bits per heavy atom. The van der Waals surface area contributed by atoms with Crippen LogP contribution in [0.25, 0.3) is 6.08 Å². The fourth-order valence-electron chi connectivity index (χ4n) is 3.28. The second kappa shape index (κ2) is 11.1. The minimum atomic E-state index is -0.346. The fraction of sp³-hybridized carbons (Fsp3) is 0.154. The maximum absolute atomic E-state index is 12.8. The van der Waals surface area contributed by atoms with E-state index in [1.807, 2.05) is 48.5 Å². The van der Waals surface area contributed by atoms with Crippen molar-refractivity contribution < 1.29 is 23.8 Å².